The Morgan fingerprint density at radius 1 is 0.969 bits per heavy atom. The van der Waals surface area contributed by atoms with Gasteiger partial charge in [0, 0.05) is 36.4 Å². The zero-order chi connectivity index (χ0) is 22.5. The van der Waals surface area contributed by atoms with Crippen molar-refractivity contribution < 1.29 is 4.79 Å². The second-order valence-electron chi connectivity index (χ2n) is 7.61. The van der Waals surface area contributed by atoms with Gasteiger partial charge in [0.25, 0.3) is 5.56 Å². The molecule has 0 aliphatic carbocycles. The fourth-order valence-corrected chi connectivity index (χ4v) is 4.01. The number of hydrogen-bond donors (Lipinski definition) is 0. The second kappa shape index (κ2) is 9.56. The molecule has 0 atom stereocenters. The highest BCUT2D eigenvalue weighted by Gasteiger charge is 2.19. The topological polar surface area (TPSA) is 68.1 Å². The number of carbonyl (C=O) groups excluding carboxylic acids is 1. The van der Waals surface area contributed by atoms with Gasteiger partial charge in [-0.3, -0.25) is 14.6 Å². The van der Waals surface area contributed by atoms with Crippen molar-refractivity contribution in [2.45, 2.75) is 33.2 Å². The van der Waals surface area contributed by atoms with Gasteiger partial charge >= 0.3 is 0 Å². The van der Waals surface area contributed by atoms with Crippen molar-refractivity contribution in [3.8, 4) is 0 Å². The summed E-state index contributed by atoms with van der Waals surface area (Å²) in [5.74, 6) is -0.161. The molecule has 2 aromatic heterocycles. The minimum Gasteiger partial charge on any atom is -0.311 e. The van der Waals surface area contributed by atoms with Crippen molar-refractivity contribution in [2.75, 3.05) is 11.4 Å². The van der Waals surface area contributed by atoms with E-state index >= 15 is 0 Å². The van der Waals surface area contributed by atoms with E-state index in [1.807, 2.05) is 61.5 Å². The maximum atomic E-state index is 13.3. The molecule has 4 rings (SSSR count). The molecule has 0 bridgehead atoms. The van der Waals surface area contributed by atoms with Gasteiger partial charge in [-0.15, -0.1) is 0 Å². The number of aryl methyl sites for hydroxylation is 1. The summed E-state index contributed by atoms with van der Waals surface area (Å²) in [5, 5.41) is 5.98. The summed E-state index contributed by atoms with van der Waals surface area (Å²) in [5.41, 5.74) is 3.46. The molecule has 2 heterocycles. The predicted octanol–water partition coefficient (Wildman–Crippen LogP) is 4.00. The van der Waals surface area contributed by atoms with E-state index in [9.17, 15) is 9.59 Å². The van der Waals surface area contributed by atoms with Crippen LogP contribution in [0.15, 0.2) is 77.9 Å². The number of fused-ring (bicyclic) bond motifs is 1. The molecule has 6 nitrogen and oxygen atoms in total. The molecule has 0 N–H and O–H groups in total. The number of amides is 1. The molecule has 0 aliphatic rings. The van der Waals surface area contributed by atoms with E-state index in [1.165, 1.54) is 4.68 Å². The highest BCUT2D eigenvalue weighted by Crippen LogP contribution is 2.22. The van der Waals surface area contributed by atoms with Crippen LogP contribution in [0, 0.1) is 0 Å². The number of pyridine rings is 1. The molecule has 0 radical (unpaired) electrons. The van der Waals surface area contributed by atoms with Crippen molar-refractivity contribution in [2.24, 2.45) is 0 Å². The molecular formula is C26H26N4O2. The zero-order valence-electron chi connectivity index (χ0n) is 18.4. The first-order valence-corrected chi connectivity index (χ1v) is 10.9. The van der Waals surface area contributed by atoms with Crippen LogP contribution in [0.3, 0.4) is 0 Å². The number of rotatable bonds is 7. The van der Waals surface area contributed by atoms with Crippen LogP contribution in [0.4, 0.5) is 5.69 Å². The Morgan fingerprint density at radius 2 is 1.72 bits per heavy atom. The molecular weight excluding hydrogens is 400 g/mol. The minimum absolute atomic E-state index is 0.115. The third-order valence-corrected chi connectivity index (χ3v) is 5.60. The molecule has 32 heavy (non-hydrogen) atoms. The minimum atomic E-state index is -0.260. The molecule has 0 saturated heterocycles. The number of anilines is 1. The number of hydrogen-bond acceptors (Lipinski definition) is 4. The number of likely N-dealkylation sites (N-methyl/N-ethyl adjacent to an activating group) is 1. The third kappa shape index (κ3) is 4.30. The second-order valence-corrected chi connectivity index (χ2v) is 7.61. The Kier molecular flexibility index (Phi) is 6.40. The lowest BCUT2D eigenvalue weighted by atomic mass is 10.1. The molecule has 0 unspecified atom stereocenters. The van der Waals surface area contributed by atoms with E-state index in [4.69, 9.17) is 0 Å². The fourth-order valence-electron chi connectivity index (χ4n) is 4.01. The van der Waals surface area contributed by atoms with Crippen molar-refractivity contribution in [1.82, 2.24) is 14.8 Å². The van der Waals surface area contributed by atoms with Crippen LogP contribution in [0.5, 0.6) is 0 Å². The number of nitrogens with zero attached hydrogens (tertiary/aromatic N) is 4. The molecule has 0 spiro atoms. The summed E-state index contributed by atoms with van der Waals surface area (Å²) in [6.07, 6.45) is 4.86. The summed E-state index contributed by atoms with van der Waals surface area (Å²) < 4.78 is 1.30. The first-order chi connectivity index (χ1) is 15.6. The molecule has 0 aliphatic heterocycles. The first-order valence-electron chi connectivity index (χ1n) is 10.9. The standard InChI is InChI=1S/C26H26N4O2/c1-3-20-11-5-8-14-24(20)29(4-2)25(31)18-30-26(32)22-13-7-6-12-21(22)23(28-30)16-19-10-9-15-27-17-19/h5-15,17H,3-4,16,18H2,1-2H3. The van der Waals surface area contributed by atoms with Gasteiger partial charge in [-0.1, -0.05) is 49.4 Å². The highest BCUT2D eigenvalue weighted by atomic mass is 16.2. The van der Waals surface area contributed by atoms with E-state index in [2.05, 4.69) is 17.0 Å². The molecule has 2 aromatic carbocycles. The molecule has 1 amide bonds. The number of benzene rings is 2. The summed E-state index contributed by atoms with van der Waals surface area (Å²) in [7, 11) is 0. The molecule has 0 saturated carbocycles. The smallest absolute Gasteiger partial charge is 0.275 e. The van der Waals surface area contributed by atoms with Crippen molar-refractivity contribution in [3.63, 3.8) is 0 Å². The molecule has 6 heteroatoms. The quantitative estimate of drug-likeness (QED) is 0.448. The predicted molar refractivity (Wildman–Crippen MR) is 127 cm³/mol. The zero-order valence-corrected chi connectivity index (χ0v) is 18.4. The van der Waals surface area contributed by atoms with Crippen molar-refractivity contribution in [1.29, 1.82) is 0 Å². The van der Waals surface area contributed by atoms with Crippen LogP contribution < -0.4 is 10.5 Å². The van der Waals surface area contributed by atoms with Gasteiger partial charge in [-0.25, -0.2) is 4.68 Å². The van der Waals surface area contributed by atoms with Gasteiger partial charge in [-0.05, 0) is 42.7 Å². The SMILES string of the molecule is CCc1ccccc1N(CC)C(=O)Cn1nc(Cc2cccnc2)c2ccccc2c1=O. The Bertz CT molecular complexity index is 1300. The van der Waals surface area contributed by atoms with Crippen LogP contribution in [0.1, 0.15) is 30.7 Å². The third-order valence-electron chi connectivity index (χ3n) is 5.60. The highest BCUT2D eigenvalue weighted by molar-refractivity contribution is 5.94. The molecule has 162 valence electrons. The number of carbonyl (C=O) groups is 1. The van der Waals surface area contributed by atoms with E-state index in [0.717, 1.165) is 34.3 Å². The summed E-state index contributed by atoms with van der Waals surface area (Å²) >= 11 is 0. The summed E-state index contributed by atoms with van der Waals surface area (Å²) in [6, 6.07) is 19.1. The van der Waals surface area contributed by atoms with Gasteiger partial charge in [0.05, 0.1) is 11.1 Å². The first kappa shape index (κ1) is 21.4. The Labute approximate surface area is 187 Å². The van der Waals surface area contributed by atoms with Crippen LogP contribution >= 0.6 is 0 Å². The van der Waals surface area contributed by atoms with Crippen LogP contribution in [-0.4, -0.2) is 27.2 Å². The van der Waals surface area contributed by atoms with Gasteiger partial charge in [-0.2, -0.15) is 5.10 Å². The number of aromatic nitrogens is 3. The lowest BCUT2D eigenvalue weighted by molar-refractivity contribution is -0.119. The Morgan fingerprint density at radius 3 is 2.44 bits per heavy atom. The summed E-state index contributed by atoms with van der Waals surface area (Å²) in [4.78, 5) is 32.3. The normalized spacial score (nSPS) is 10.9. The Balaban J connectivity index is 1.73. The van der Waals surface area contributed by atoms with Crippen LogP contribution in [0.2, 0.25) is 0 Å². The van der Waals surface area contributed by atoms with Gasteiger partial charge in [0.15, 0.2) is 0 Å². The maximum absolute atomic E-state index is 13.3. The fraction of sp³-hybridized carbons (Fsp3) is 0.231. The molecule has 0 fully saturated rings. The lowest BCUT2D eigenvalue weighted by Gasteiger charge is -2.24. The van der Waals surface area contributed by atoms with Crippen molar-refractivity contribution in [3.05, 3.63) is 100 Å². The van der Waals surface area contributed by atoms with Crippen LogP contribution in [-0.2, 0) is 24.2 Å². The van der Waals surface area contributed by atoms with E-state index < -0.39 is 0 Å². The van der Waals surface area contributed by atoms with Crippen molar-refractivity contribution >= 4 is 22.4 Å². The van der Waals surface area contributed by atoms with E-state index in [-0.39, 0.29) is 18.0 Å². The van der Waals surface area contributed by atoms with E-state index in [1.54, 1.807) is 23.4 Å². The van der Waals surface area contributed by atoms with Crippen LogP contribution in [0.25, 0.3) is 10.8 Å². The average Bonchev–Trinajstić information content (AvgIpc) is 2.83. The monoisotopic (exact) mass is 426 g/mol. The molecule has 4 aromatic rings. The lowest BCUT2D eigenvalue weighted by Crippen LogP contribution is -2.38. The maximum Gasteiger partial charge on any atom is 0.275 e. The van der Waals surface area contributed by atoms with Gasteiger partial charge in [0.2, 0.25) is 5.91 Å². The van der Waals surface area contributed by atoms with E-state index in [0.29, 0.717) is 18.4 Å². The summed E-state index contributed by atoms with van der Waals surface area (Å²) in [6.45, 7) is 4.41. The largest absolute Gasteiger partial charge is 0.311 e. The van der Waals surface area contributed by atoms with Gasteiger partial charge in [0.1, 0.15) is 6.54 Å². The number of para-hydroxylation sites is 1. The Hall–Kier alpha value is -3.80. The van der Waals surface area contributed by atoms with Gasteiger partial charge < -0.3 is 4.90 Å². The average molecular weight is 427 g/mol.